The van der Waals surface area contributed by atoms with Crippen LogP contribution >= 0.6 is 0 Å². The van der Waals surface area contributed by atoms with E-state index >= 15 is 0 Å². The van der Waals surface area contributed by atoms with Crippen molar-refractivity contribution in [2.45, 2.75) is 12.5 Å². The van der Waals surface area contributed by atoms with Crippen molar-refractivity contribution in [1.82, 2.24) is 4.98 Å². The van der Waals surface area contributed by atoms with Gasteiger partial charge < -0.3 is 4.74 Å². The van der Waals surface area contributed by atoms with Crippen molar-refractivity contribution in [3.05, 3.63) is 48.0 Å². The fourth-order valence-corrected chi connectivity index (χ4v) is 1.75. The minimum atomic E-state index is -5.07. The Morgan fingerprint density at radius 2 is 1.50 bits per heavy atom. The zero-order valence-corrected chi connectivity index (χ0v) is 10.5. The van der Waals surface area contributed by atoms with Gasteiger partial charge in [0.15, 0.2) is 11.5 Å². The van der Waals surface area contributed by atoms with Crippen LogP contribution in [0.25, 0.3) is 11.1 Å². The minimum absolute atomic E-state index is 0.467. The first-order valence-electron chi connectivity index (χ1n) is 5.66. The highest BCUT2D eigenvalue weighted by Gasteiger charge is 2.38. The summed E-state index contributed by atoms with van der Waals surface area (Å²) in [6.45, 7) is 0. The summed E-state index contributed by atoms with van der Waals surface area (Å²) < 4.78 is 92.3. The summed E-state index contributed by atoms with van der Waals surface area (Å²) in [5.74, 6) is -2.58. The number of rotatable bonds is 2. The van der Waals surface area contributed by atoms with E-state index in [1.807, 2.05) is 0 Å². The molecule has 0 atom stereocenters. The molecule has 1 heterocycles. The van der Waals surface area contributed by atoms with Crippen LogP contribution in [0, 0.1) is 5.82 Å². The van der Waals surface area contributed by atoms with Gasteiger partial charge in [-0.1, -0.05) is 18.2 Å². The predicted octanol–water partition coefficient (Wildman–Crippen LogP) is 4.81. The van der Waals surface area contributed by atoms with Gasteiger partial charge in [-0.3, -0.25) is 0 Å². The summed E-state index contributed by atoms with van der Waals surface area (Å²) in [7, 11) is 0. The number of pyridine rings is 1. The molecule has 0 saturated heterocycles. The molecule has 2 aromatic rings. The second-order valence-electron chi connectivity index (χ2n) is 4.06. The van der Waals surface area contributed by atoms with Gasteiger partial charge in [0.05, 0.1) is 0 Å². The monoisotopic (exact) mass is 325 g/mol. The highest BCUT2D eigenvalue weighted by atomic mass is 19.4. The normalized spacial score (nSPS) is 12.3. The number of aromatic nitrogens is 1. The van der Waals surface area contributed by atoms with Gasteiger partial charge in [0, 0.05) is 17.3 Å². The molecule has 0 radical (unpaired) electrons. The summed E-state index contributed by atoms with van der Waals surface area (Å²) in [5, 5.41) is 0. The Bertz CT molecular complexity index is 679. The Balaban J connectivity index is 2.59. The molecule has 1 aromatic carbocycles. The van der Waals surface area contributed by atoms with Crippen molar-refractivity contribution in [1.29, 1.82) is 0 Å². The average molecular weight is 325 g/mol. The molecule has 0 aliphatic heterocycles. The van der Waals surface area contributed by atoms with Crippen molar-refractivity contribution < 1.29 is 35.5 Å². The third-order valence-corrected chi connectivity index (χ3v) is 2.56. The van der Waals surface area contributed by atoms with E-state index in [1.54, 1.807) is 0 Å². The smallest absolute Gasteiger partial charge is 0.405 e. The largest absolute Gasteiger partial charge is 0.573 e. The summed E-state index contributed by atoms with van der Waals surface area (Å²) in [6, 6.07) is 5.14. The van der Waals surface area contributed by atoms with Gasteiger partial charge in [-0.05, 0) is 12.1 Å². The number of halogens is 7. The maximum absolute atomic E-state index is 13.9. The van der Waals surface area contributed by atoms with E-state index in [4.69, 9.17) is 0 Å². The van der Waals surface area contributed by atoms with Crippen LogP contribution in [-0.4, -0.2) is 11.3 Å². The van der Waals surface area contributed by atoms with Gasteiger partial charge in [0.2, 0.25) is 0 Å². The lowest BCUT2D eigenvalue weighted by Crippen LogP contribution is -2.18. The number of benzene rings is 1. The number of nitrogens with zero attached hydrogens (tertiary/aromatic N) is 1. The fraction of sp³-hybridized carbons (Fsp3) is 0.154. The standard InChI is InChI=1S/C13H6F7NO/c14-10-8(5-6-21-11(10)12(15,16)17)7-3-1-2-4-9(7)22-13(18,19)20/h1-6H. The van der Waals surface area contributed by atoms with E-state index in [2.05, 4.69) is 9.72 Å². The zero-order chi connectivity index (χ0) is 16.5. The quantitative estimate of drug-likeness (QED) is 0.740. The molecule has 118 valence electrons. The lowest BCUT2D eigenvalue weighted by atomic mass is 10.0. The molecule has 0 fully saturated rings. The maximum Gasteiger partial charge on any atom is 0.573 e. The molecule has 0 spiro atoms. The fourth-order valence-electron chi connectivity index (χ4n) is 1.75. The average Bonchev–Trinajstić information content (AvgIpc) is 2.37. The minimum Gasteiger partial charge on any atom is -0.405 e. The molecule has 0 amide bonds. The van der Waals surface area contributed by atoms with Crippen molar-refractivity contribution in [3.63, 3.8) is 0 Å². The van der Waals surface area contributed by atoms with Gasteiger partial charge in [0.1, 0.15) is 5.75 Å². The van der Waals surface area contributed by atoms with E-state index in [0.717, 1.165) is 18.2 Å². The first kappa shape index (κ1) is 16.1. The van der Waals surface area contributed by atoms with Crippen molar-refractivity contribution >= 4 is 0 Å². The number of alkyl halides is 6. The summed E-state index contributed by atoms with van der Waals surface area (Å²) in [6.07, 6.45) is -9.47. The molecule has 0 aliphatic carbocycles. The van der Waals surface area contributed by atoms with Gasteiger partial charge in [-0.15, -0.1) is 13.2 Å². The van der Waals surface area contributed by atoms with Crippen LogP contribution in [0.5, 0.6) is 5.75 Å². The first-order chi connectivity index (χ1) is 10.1. The lowest BCUT2D eigenvalue weighted by Gasteiger charge is -2.15. The molecule has 0 bridgehead atoms. The Kier molecular flexibility index (Phi) is 3.99. The molecule has 0 aliphatic rings. The summed E-state index contributed by atoms with van der Waals surface area (Å²) in [5.41, 5.74) is -2.97. The first-order valence-corrected chi connectivity index (χ1v) is 5.66. The van der Waals surface area contributed by atoms with Crippen molar-refractivity contribution in [3.8, 4) is 16.9 Å². The van der Waals surface area contributed by atoms with Crippen LogP contribution in [0.1, 0.15) is 5.69 Å². The molecule has 1 aromatic heterocycles. The molecular formula is C13H6F7NO. The lowest BCUT2D eigenvalue weighted by molar-refractivity contribution is -0.274. The van der Waals surface area contributed by atoms with E-state index in [-0.39, 0.29) is 0 Å². The van der Waals surface area contributed by atoms with E-state index in [9.17, 15) is 30.7 Å². The Labute approximate surface area is 119 Å². The van der Waals surface area contributed by atoms with Crippen molar-refractivity contribution in [2.24, 2.45) is 0 Å². The maximum atomic E-state index is 13.9. The van der Waals surface area contributed by atoms with Crippen LogP contribution in [0.2, 0.25) is 0 Å². The molecule has 9 heteroatoms. The second-order valence-corrected chi connectivity index (χ2v) is 4.06. The molecular weight excluding hydrogens is 319 g/mol. The van der Waals surface area contributed by atoms with Crippen LogP contribution < -0.4 is 4.74 Å². The van der Waals surface area contributed by atoms with Crippen LogP contribution in [0.15, 0.2) is 36.5 Å². The Morgan fingerprint density at radius 3 is 2.09 bits per heavy atom. The van der Waals surface area contributed by atoms with Gasteiger partial charge in [-0.25, -0.2) is 9.37 Å². The Morgan fingerprint density at radius 1 is 0.864 bits per heavy atom. The summed E-state index contributed by atoms with van der Waals surface area (Å²) in [4.78, 5) is 2.88. The molecule has 0 saturated carbocycles. The van der Waals surface area contributed by atoms with Crippen molar-refractivity contribution in [2.75, 3.05) is 0 Å². The number of para-hydroxylation sites is 1. The summed E-state index contributed by atoms with van der Waals surface area (Å²) >= 11 is 0. The third kappa shape index (κ3) is 3.46. The van der Waals surface area contributed by atoms with Crippen LogP contribution in [0.4, 0.5) is 30.7 Å². The highest BCUT2D eigenvalue weighted by Crippen LogP contribution is 2.38. The Hall–Kier alpha value is -2.32. The molecule has 22 heavy (non-hydrogen) atoms. The topological polar surface area (TPSA) is 22.1 Å². The van der Waals surface area contributed by atoms with E-state index < -0.39 is 40.9 Å². The molecule has 0 unspecified atom stereocenters. The molecule has 0 N–H and O–H groups in total. The third-order valence-electron chi connectivity index (χ3n) is 2.56. The molecule has 2 nitrogen and oxygen atoms in total. The van der Waals surface area contributed by atoms with E-state index in [0.29, 0.717) is 6.20 Å². The van der Waals surface area contributed by atoms with Crippen LogP contribution in [-0.2, 0) is 6.18 Å². The molecule has 2 rings (SSSR count). The van der Waals surface area contributed by atoms with Gasteiger partial charge in [-0.2, -0.15) is 13.2 Å². The number of hydrogen-bond donors (Lipinski definition) is 0. The number of hydrogen-bond acceptors (Lipinski definition) is 2. The highest BCUT2D eigenvalue weighted by molar-refractivity contribution is 5.71. The van der Waals surface area contributed by atoms with Gasteiger partial charge >= 0.3 is 12.5 Å². The zero-order valence-electron chi connectivity index (χ0n) is 10.5. The second kappa shape index (κ2) is 5.47. The predicted molar refractivity (Wildman–Crippen MR) is 61.3 cm³/mol. The SMILES string of the molecule is Fc1c(-c2ccccc2OC(F)(F)F)ccnc1C(F)(F)F. The van der Waals surface area contributed by atoms with Crippen LogP contribution in [0.3, 0.4) is 0 Å². The van der Waals surface area contributed by atoms with Gasteiger partial charge in [0.25, 0.3) is 0 Å². The number of ether oxygens (including phenoxy) is 1. The van der Waals surface area contributed by atoms with E-state index in [1.165, 1.54) is 12.1 Å².